The summed E-state index contributed by atoms with van der Waals surface area (Å²) in [5.74, 6) is 2.12. The Morgan fingerprint density at radius 1 is 1.60 bits per heavy atom. The average Bonchev–Trinajstić information content (AvgIpc) is 2.74. The van der Waals surface area contributed by atoms with E-state index in [1.807, 2.05) is 0 Å². The molecule has 2 rings (SSSR count). The second-order valence-corrected chi connectivity index (χ2v) is 3.75. The number of thiazole rings is 1. The Labute approximate surface area is 90.7 Å². The van der Waals surface area contributed by atoms with Crippen LogP contribution in [0, 0.1) is 12.3 Å². The lowest BCUT2D eigenvalue weighted by molar-refractivity contribution is 0.0601. The SMILES string of the molecule is C#Cc1cc(C(=O)OC)cc2scnc12. The molecular formula is C11H7NO2S. The molecule has 0 aliphatic rings. The van der Waals surface area contributed by atoms with Gasteiger partial charge in [-0.25, -0.2) is 9.78 Å². The fraction of sp³-hybridized carbons (Fsp3) is 0.0909. The van der Waals surface area contributed by atoms with E-state index in [2.05, 4.69) is 15.6 Å². The van der Waals surface area contributed by atoms with Gasteiger partial charge in [-0.3, -0.25) is 0 Å². The second kappa shape index (κ2) is 3.71. The molecule has 0 N–H and O–H groups in total. The number of carbonyl (C=O) groups excluding carboxylic acids is 1. The summed E-state index contributed by atoms with van der Waals surface area (Å²) in [4.78, 5) is 15.5. The molecule has 0 spiro atoms. The Kier molecular flexibility index (Phi) is 2.40. The molecule has 0 atom stereocenters. The number of fused-ring (bicyclic) bond motifs is 1. The molecule has 0 aliphatic carbocycles. The molecule has 1 heterocycles. The number of rotatable bonds is 1. The van der Waals surface area contributed by atoms with Crippen molar-refractivity contribution in [3.63, 3.8) is 0 Å². The van der Waals surface area contributed by atoms with Crippen LogP contribution in [0.1, 0.15) is 15.9 Å². The minimum Gasteiger partial charge on any atom is -0.465 e. The first-order valence-corrected chi connectivity index (χ1v) is 5.06. The van der Waals surface area contributed by atoms with Gasteiger partial charge in [-0.2, -0.15) is 0 Å². The van der Waals surface area contributed by atoms with Crippen molar-refractivity contribution in [2.45, 2.75) is 0 Å². The maximum atomic E-state index is 11.3. The summed E-state index contributed by atoms with van der Waals surface area (Å²) in [7, 11) is 1.34. The van der Waals surface area contributed by atoms with Gasteiger partial charge in [0.1, 0.15) is 0 Å². The van der Waals surface area contributed by atoms with Crippen molar-refractivity contribution in [3.8, 4) is 12.3 Å². The summed E-state index contributed by atoms with van der Waals surface area (Å²) >= 11 is 1.44. The largest absolute Gasteiger partial charge is 0.465 e. The van der Waals surface area contributed by atoms with Gasteiger partial charge in [0, 0.05) is 0 Å². The van der Waals surface area contributed by atoms with Gasteiger partial charge in [0.05, 0.1) is 34.0 Å². The first-order chi connectivity index (χ1) is 7.26. The third-order valence-corrected chi connectivity index (χ3v) is 2.79. The van der Waals surface area contributed by atoms with Gasteiger partial charge in [0.25, 0.3) is 0 Å². The molecule has 0 unspecified atom stereocenters. The van der Waals surface area contributed by atoms with E-state index in [-0.39, 0.29) is 5.97 Å². The van der Waals surface area contributed by atoms with E-state index in [0.717, 1.165) is 10.2 Å². The predicted molar refractivity (Wildman–Crippen MR) is 58.9 cm³/mol. The first kappa shape index (κ1) is 9.69. The molecule has 3 nitrogen and oxygen atoms in total. The Morgan fingerprint density at radius 2 is 2.40 bits per heavy atom. The minimum atomic E-state index is -0.387. The van der Waals surface area contributed by atoms with E-state index in [1.54, 1.807) is 17.6 Å². The van der Waals surface area contributed by atoms with Crippen molar-refractivity contribution in [1.29, 1.82) is 0 Å². The highest BCUT2D eigenvalue weighted by atomic mass is 32.1. The van der Waals surface area contributed by atoms with Gasteiger partial charge in [-0.15, -0.1) is 17.8 Å². The number of nitrogens with zero attached hydrogens (tertiary/aromatic N) is 1. The van der Waals surface area contributed by atoms with Crippen LogP contribution < -0.4 is 0 Å². The number of ether oxygens (including phenoxy) is 1. The Bertz CT molecular complexity index is 565. The first-order valence-electron chi connectivity index (χ1n) is 4.18. The molecule has 1 aromatic heterocycles. The number of carbonyl (C=O) groups is 1. The number of esters is 1. The zero-order chi connectivity index (χ0) is 10.8. The molecule has 0 bridgehead atoms. The van der Waals surface area contributed by atoms with Crippen LogP contribution in [0.3, 0.4) is 0 Å². The number of hydrogen-bond donors (Lipinski definition) is 0. The van der Waals surface area contributed by atoms with Gasteiger partial charge in [0.2, 0.25) is 0 Å². The van der Waals surface area contributed by atoms with Crippen LogP contribution in [0.5, 0.6) is 0 Å². The van der Waals surface area contributed by atoms with Crippen molar-refractivity contribution in [2.24, 2.45) is 0 Å². The molecule has 1 aromatic carbocycles. The van der Waals surface area contributed by atoms with Crippen LogP contribution >= 0.6 is 11.3 Å². The van der Waals surface area contributed by atoms with E-state index in [0.29, 0.717) is 11.1 Å². The monoisotopic (exact) mass is 217 g/mol. The maximum absolute atomic E-state index is 11.3. The summed E-state index contributed by atoms with van der Waals surface area (Å²) in [5.41, 5.74) is 3.54. The zero-order valence-corrected chi connectivity index (χ0v) is 8.80. The lowest BCUT2D eigenvalue weighted by Crippen LogP contribution is -2.01. The van der Waals surface area contributed by atoms with Crippen LogP contribution in [-0.4, -0.2) is 18.1 Å². The highest BCUT2D eigenvalue weighted by molar-refractivity contribution is 7.16. The van der Waals surface area contributed by atoms with E-state index in [9.17, 15) is 4.79 Å². The van der Waals surface area contributed by atoms with Crippen molar-refractivity contribution in [1.82, 2.24) is 4.98 Å². The summed E-state index contributed by atoms with van der Waals surface area (Å²) in [6, 6.07) is 3.35. The van der Waals surface area contributed by atoms with Crippen LogP contribution in [0.2, 0.25) is 0 Å². The third kappa shape index (κ3) is 1.58. The standard InChI is InChI=1S/C11H7NO2S/c1-3-7-4-8(11(13)14-2)5-9-10(7)12-6-15-9/h1,4-6H,2H3. The highest BCUT2D eigenvalue weighted by Gasteiger charge is 2.10. The molecule has 0 radical (unpaired) electrons. The predicted octanol–water partition coefficient (Wildman–Crippen LogP) is 2.06. The summed E-state index contributed by atoms with van der Waals surface area (Å²) in [6.07, 6.45) is 5.35. The molecule has 0 amide bonds. The van der Waals surface area contributed by atoms with E-state index in [4.69, 9.17) is 6.42 Å². The molecule has 15 heavy (non-hydrogen) atoms. The Morgan fingerprint density at radius 3 is 3.07 bits per heavy atom. The summed E-state index contributed by atoms with van der Waals surface area (Å²) in [6.45, 7) is 0. The fourth-order valence-electron chi connectivity index (χ4n) is 1.31. The van der Waals surface area contributed by atoms with Crippen LogP contribution in [0.15, 0.2) is 17.6 Å². The van der Waals surface area contributed by atoms with Crippen molar-refractivity contribution < 1.29 is 9.53 Å². The van der Waals surface area contributed by atoms with Gasteiger partial charge in [0.15, 0.2) is 0 Å². The molecule has 4 heteroatoms. The zero-order valence-electron chi connectivity index (χ0n) is 7.98. The van der Waals surface area contributed by atoms with Gasteiger partial charge < -0.3 is 4.74 Å². The Balaban J connectivity index is 2.70. The molecule has 0 aliphatic heterocycles. The topological polar surface area (TPSA) is 39.2 Å². The van der Waals surface area contributed by atoms with Crippen molar-refractivity contribution >= 4 is 27.5 Å². The Hall–Kier alpha value is -1.86. The number of benzene rings is 1. The molecule has 74 valence electrons. The molecular weight excluding hydrogens is 210 g/mol. The van der Waals surface area contributed by atoms with E-state index in [1.165, 1.54) is 18.4 Å². The minimum absolute atomic E-state index is 0.387. The molecule has 0 saturated carbocycles. The smallest absolute Gasteiger partial charge is 0.337 e. The number of terminal acetylenes is 1. The molecule has 0 fully saturated rings. The third-order valence-electron chi connectivity index (χ3n) is 2.01. The van der Waals surface area contributed by atoms with Crippen molar-refractivity contribution in [3.05, 3.63) is 28.8 Å². The quantitative estimate of drug-likeness (QED) is 0.542. The highest BCUT2D eigenvalue weighted by Crippen LogP contribution is 2.23. The molecule has 0 saturated heterocycles. The van der Waals surface area contributed by atoms with Crippen molar-refractivity contribution in [2.75, 3.05) is 7.11 Å². The van der Waals surface area contributed by atoms with E-state index >= 15 is 0 Å². The number of hydrogen-bond acceptors (Lipinski definition) is 4. The summed E-state index contributed by atoms with van der Waals surface area (Å²) < 4.78 is 5.53. The maximum Gasteiger partial charge on any atom is 0.337 e. The molecule has 2 aromatic rings. The van der Waals surface area contributed by atoms with E-state index < -0.39 is 0 Å². The summed E-state index contributed by atoms with van der Waals surface area (Å²) in [5, 5.41) is 0. The lowest BCUT2D eigenvalue weighted by Gasteiger charge is -2.00. The number of aromatic nitrogens is 1. The van der Waals surface area contributed by atoms with Gasteiger partial charge in [-0.05, 0) is 12.1 Å². The lowest BCUT2D eigenvalue weighted by atomic mass is 10.1. The van der Waals surface area contributed by atoms with Crippen LogP contribution in [0.4, 0.5) is 0 Å². The fourth-order valence-corrected chi connectivity index (χ4v) is 2.05. The van der Waals surface area contributed by atoms with Gasteiger partial charge >= 0.3 is 5.97 Å². The van der Waals surface area contributed by atoms with Crippen LogP contribution in [-0.2, 0) is 4.74 Å². The second-order valence-electron chi connectivity index (χ2n) is 2.86. The van der Waals surface area contributed by atoms with Crippen LogP contribution in [0.25, 0.3) is 10.2 Å². The average molecular weight is 217 g/mol. The number of methoxy groups -OCH3 is 1. The normalized spacial score (nSPS) is 9.87. The van der Waals surface area contributed by atoms with Gasteiger partial charge in [-0.1, -0.05) is 5.92 Å².